The van der Waals surface area contributed by atoms with Crippen molar-refractivity contribution in [2.24, 2.45) is 0 Å². The predicted molar refractivity (Wildman–Crippen MR) is 76.5 cm³/mol. The first-order valence-electron chi connectivity index (χ1n) is 6.33. The van der Waals surface area contributed by atoms with E-state index in [2.05, 4.69) is 51.4 Å². The molecule has 0 fully saturated rings. The van der Waals surface area contributed by atoms with Crippen LogP contribution in [0.4, 0.5) is 0 Å². The van der Waals surface area contributed by atoms with Gasteiger partial charge in [-0.15, -0.1) is 0 Å². The van der Waals surface area contributed by atoms with Gasteiger partial charge in [0, 0.05) is 23.6 Å². The average Bonchev–Trinajstić information content (AvgIpc) is 2.35. The number of aryl methyl sites for hydroxylation is 1. The molecule has 0 aliphatic heterocycles. The fourth-order valence-electron chi connectivity index (χ4n) is 2.55. The van der Waals surface area contributed by atoms with E-state index in [1.165, 1.54) is 34.9 Å². The van der Waals surface area contributed by atoms with Crippen LogP contribution in [0.2, 0.25) is 0 Å². The number of nitrogens with zero attached hydrogens (tertiary/aromatic N) is 1. The summed E-state index contributed by atoms with van der Waals surface area (Å²) in [6, 6.07) is 7.42. The second-order valence-electron chi connectivity index (χ2n) is 4.89. The standard InChI is InChI=1S/C14H21BrN2/c1-16-7-8-17(2)14-6-4-11-9-13(15)5-3-12(11)10-14/h3,5,9,14,16H,4,6-8,10H2,1-2H3. The van der Waals surface area contributed by atoms with Gasteiger partial charge in [-0.3, -0.25) is 0 Å². The van der Waals surface area contributed by atoms with Gasteiger partial charge in [0.2, 0.25) is 0 Å². The molecule has 1 N–H and O–H groups in total. The first-order valence-corrected chi connectivity index (χ1v) is 7.12. The number of halogens is 1. The molecule has 1 aliphatic carbocycles. The molecule has 0 saturated carbocycles. The van der Waals surface area contributed by atoms with E-state index in [9.17, 15) is 0 Å². The maximum Gasteiger partial charge on any atom is 0.0178 e. The summed E-state index contributed by atoms with van der Waals surface area (Å²) in [6.45, 7) is 2.20. The highest BCUT2D eigenvalue weighted by Gasteiger charge is 2.21. The molecule has 0 spiro atoms. The molecule has 0 heterocycles. The zero-order valence-electron chi connectivity index (χ0n) is 10.7. The van der Waals surface area contributed by atoms with Crippen LogP contribution in [0.3, 0.4) is 0 Å². The lowest BCUT2D eigenvalue weighted by Gasteiger charge is -2.32. The van der Waals surface area contributed by atoms with E-state index >= 15 is 0 Å². The number of fused-ring (bicyclic) bond motifs is 1. The molecule has 0 amide bonds. The van der Waals surface area contributed by atoms with Crippen LogP contribution in [0.15, 0.2) is 22.7 Å². The Morgan fingerprint density at radius 3 is 3.00 bits per heavy atom. The monoisotopic (exact) mass is 296 g/mol. The molecule has 0 aromatic heterocycles. The van der Waals surface area contributed by atoms with E-state index in [-0.39, 0.29) is 0 Å². The van der Waals surface area contributed by atoms with Gasteiger partial charge in [-0.2, -0.15) is 0 Å². The quantitative estimate of drug-likeness (QED) is 0.918. The lowest BCUT2D eigenvalue weighted by molar-refractivity contribution is 0.223. The van der Waals surface area contributed by atoms with Crippen molar-refractivity contribution >= 4 is 15.9 Å². The summed E-state index contributed by atoms with van der Waals surface area (Å²) in [5, 5.41) is 3.22. The van der Waals surface area contributed by atoms with E-state index in [1.807, 2.05) is 7.05 Å². The van der Waals surface area contributed by atoms with E-state index in [1.54, 1.807) is 0 Å². The fourth-order valence-corrected chi connectivity index (χ4v) is 2.96. The molecule has 0 saturated heterocycles. The van der Waals surface area contributed by atoms with Crippen molar-refractivity contribution in [3.63, 3.8) is 0 Å². The van der Waals surface area contributed by atoms with Gasteiger partial charge in [-0.1, -0.05) is 22.0 Å². The maximum atomic E-state index is 3.55. The van der Waals surface area contributed by atoms with Gasteiger partial charge in [0.1, 0.15) is 0 Å². The lowest BCUT2D eigenvalue weighted by Crippen LogP contribution is -2.39. The van der Waals surface area contributed by atoms with Gasteiger partial charge in [0.25, 0.3) is 0 Å². The van der Waals surface area contributed by atoms with Crippen LogP contribution in [-0.2, 0) is 12.8 Å². The number of benzene rings is 1. The molecular formula is C14H21BrN2. The van der Waals surface area contributed by atoms with Gasteiger partial charge in [-0.05, 0) is 56.6 Å². The van der Waals surface area contributed by atoms with Crippen molar-refractivity contribution in [3.05, 3.63) is 33.8 Å². The molecule has 1 aromatic carbocycles. The third kappa shape index (κ3) is 3.30. The maximum absolute atomic E-state index is 3.55. The molecule has 3 heteroatoms. The summed E-state index contributed by atoms with van der Waals surface area (Å²) < 4.78 is 1.21. The second kappa shape index (κ2) is 5.98. The largest absolute Gasteiger partial charge is 0.318 e. The zero-order chi connectivity index (χ0) is 12.3. The molecule has 1 aromatic rings. The van der Waals surface area contributed by atoms with Crippen molar-refractivity contribution < 1.29 is 0 Å². The number of hydrogen-bond acceptors (Lipinski definition) is 2. The first-order chi connectivity index (χ1) is 8.20. The average molecular weight is 297 g/mol. The van der Waals surface area contributed by atoms with Crippen molar-refractivity contribution in [1.29, 1.82) is 0 Å². The van der Waals surface area contributed by atoms with Crippen LogP contribution in [0, 0.1) is 0 Å². The number of nitrogens with one attached hydrogen (secondary N) is 1. The second-order valence-corrected chi connectivity index (χ2v) is 5.81. The van der Waals surface area contributed by atoms with E-state index in [4.69, 9.17) is 0 Å². The Hall–Kier alpha value is -0.380. The Balaban J connectivity index is 2.00. The molecule has 1 unspecified atom stereocenters. The summed E-state index contributed by atoms with van der Waals surface area (Å²) in [5.74, 6) is 0. The summed E-state index contributed by atoms with van der Waals surface area (Å²) in [4.78, 5) is 2.49. The SMILES string of the molecule is CNCCN(C)C1CCc2cc(Br)ccc2C1. The van der Waals surface area contributed by atoms with Crippen LogP contribution in [0.5, 0.6) is 0 Å². The van der Waals surface area contributed by atoms with Crippen molar-refractivity contribution in [2.45, 2.75) is 25.3 Å². The van der Waals surface area contributed by atoms with Gasteiger partial charge >= 0.3 is 0 Å². The minimum atomic E-state index is 0.706. The Bertz CT molecular complexity index is 378. The van der Waals surface area contributed by atoms with E-state index < -0.39 is 0 Å². The minimum absolute atomic E-state index is 0.706. The Labute approximate surface area is 113 Å². The van der Waals surface area contributed by atoms with Crippen LogP contribution in [0.1, 0.15) is 17.5 Å². The third-order valence-corrected chi connectivity index (χ3v) is 4.20. The number of hydrogen-bond donors (Lipinski definition) is 1. The normalized spacial score (nSPS) is 19.4. The minimum Gasteiger partial charge on any atom is -0.318 e. The van der Waals surface area contributed by atoms with Gasteiger partial charge in [0.05, 0.1) is 0 Å². The highest BCUT2D eigenvalue weighted by molar-refractivity contribution is 9.10. The number of likely N-dealkylation sites (N-methyl/N-ethyl adjacent to an activating group) is 2. The zero-order valence-corrected chi connectivity index (χ0v) is 12.3. The van der Waals surface area contributed by atoms with Gasteiger partial charge in [0.15, 0.2) is 0 Å². The molecule has 0 bridgehead atoms. The summed E-state index contributed by atoms with van der Waals surface area (Å²) >= 11 is 3.55. The Kier molecular flexibility index (Phi) is 4.60. The summed E-state index contributed by atoms with van der Waals surface area (Å²) in [7, 11) is 4.26. The molecule has 2 nitrogen and oxygen atoms in total. The third-order valence-electron chi connectivity index (χ3n) is 3.71. The van der Waals surface area contributed by atoms with Crippen molar-refractivity contribution in [1.82, 2.24) is 10.2 Å². The molecule has 94 valence electrons. The van der Waals surface area contributed by atoms with Gasteiger partial charge in [-0.25, -0.2) is 0 Å². The molecule has 2 rings (SSSR count). The van der Waals surface area contributed by atoms with Crippen LogP contribution in [0.25, 0.3) is 0 Å². The lowest BCUT2D eigenvalue weighted by atomic mass is 9.88. The Morgan fingerprint density at radius 2 is 2.24 bits per heavy atom. The molecule has 17 heavy (non-hydrogen) atoms. The summed E-state index contributed by atoms with van der Waals surface area (Å²) in [6.07, 6.45) is 3.69. The van der Waals surface area contributed by atoms with Crippen LogP contribution < -0.4 is 5.32 Å². The molecule has 1 atom stereocenters. The van der Waals surface area contributed by atoms with Crippen molar-refractivity contribution in [2.75, 3.05) is 27.2 Å². The molecule has 1 aliphatic rings. The topological polar surface area (TPSA) is 15.3 Å². The molecule has 0 radical (unpaired) electrons. The smallest absolute Gasteiger partial charge is 0.0178 e. The first kappa shape index (κ1) is 13.1. The van der Waals surface area contributed by atoms with E-state index in [0.717, 1.165) is 13.1 Å². The number of rotatable bonds is 4. The highest BCUT2D eigenvalue weighted by atomic mass is 79.9. The highest BCUT2D eigenvalue weighted by Crippen LogP contribution is 2.26. The van der Waals surface area contributed by atoms with Crippen LogP contribution in [-0.4, -0.2) is 38.1 Å². The molecular weight excluding hydrogens is 276 g/mol. The Morgan fingerprint density at radius 1 is 1.41 bits per heavy atom. The fraction of sp³-hybridized carbons (Fsp3) is 0.571. The summed E-state index contributed by atoms with van der Waals surface area (Å²) in [5.41, 5.74) is 3.05. The van der Waals surface area contributed by atoms with E-state index in [0.29, 0.717) is 6.04 Å². The van der Waals surface area contributed by atoms with Crippen molar-refractivity contribution in [3.8, 4) is 0 Å². The predicted octanol–water partition coefficient (Wildman–Crippen LogP) is 2.46. The van der Waals surface area contributed by atoms with Gasteiger partial charge < -0.3 is 10.2 Å². The van der Waals surface area contributed by atoms with Crippen LogP contribution >= 0.6 is 15.9 Å².